The topological polar surface area (TPSA) is 300 Å². The van der Waals surface area contributed by atoms with Gasteiger partial charge >= 0.3 is 0 Å². The van der Waals surface area contributed by atoms with E-state index in [1.807, 2.05) is 12.1 Å². The summed E-state index contributed by atoms with van der Waals surface area (Å²) in [6, 6.07) is 21.8. The number of ether oxygens (including phenoxy) is 2. The summed E-state index contributed by atoms with van der Waals surface area (Å²) in [5.74, 6) is -1.83. The zero-order valence-electron chi connectivity index (χ0n) is 43.2. The summed E-state index contributed by atoms with van der Waals surface area (Å²) in [5.41, 5.74) is 15.4. The van der Waals surface area contributed by atoms with Crippen LogP contribution >= 0.6 is 0 Å². The van der Waals surface area contributed by atoms with E-state index in [0.29, 0.717) is 44.6 Å². The molecule has 0 saturated carbocycles. The molecule has 4 N–H and O–H groups in total. The van der Waals surface area contributed by atoms with Gasteiger partial charge in [-0.3, -0.25) is 18.4 Å². The van der Waals surface area contributed by atoms with Crippen molar-refractivity contribution >= 4 is 45.0 Å². The predicted octanol–water partition coefficient (Wildman–Crippen LogP) is 9.10. The molecule has 0 aliphatic heterocycles. The van der Waals surface area contributed by atoms with Crippen molar-refractivity contribution in [1.82, 2.24) is 68.2 Å². The number of nitrogen functional groups attached to an aromatic ring is 2. The van der Waals surface area contributed by atoms with Crippen molar-refractivity contribution < 1.29 is 27.0 Å². The maximum absolute atomic E-state index is 14.3. The van der Waals surface area contributed by atoms with Gasteiger partial charge in [-0.05, 0) is 85.6 Å². The largest absolute Gasteiger partial charge is 0.480 e. The quantitative estimate of drug-likeness (QED) is 0.121. The molecule has 10 aromatic heterocycles. The number of nitriles is 2. The Labute approximate surface area is 473 Å². The van der Waals surface area contributed by atoms with Gasteiger partial charge in [0.1, 0.15) is 93.5 Å². The summed E-state index contributed by atoms with van der Waals surface area (Å²) in [6.07, 6.45) is 7.57. The normalized spacial score (nSPS) is 11.7. The van der Waals surface area contributed by atoms with Crippen LogP contribution in [0.25, 0.3) is 78.1 Å². The summed E-state index contributed by atoms with van der Waals surface area (Å²) in [5, 5.41) is 29.5. The average molecular weight is 1140 g/mol. The summed E-state index contributed by atoms with van der Waals surface area (Å²) in [7, 11) is 2.81. The lowest BCUT2D eigenvalue weighted by Gasteiger charge is -2.18. The first-order chi connectivity index (χ1) is 39.6. The second kappa shape index (κ2) is 22.9. The SMILES string of the molecule is C.C.COc1ncc(-c2nn([C@@H](C)c3nc4ccc(F)cn4c(=O)c3-c3cccc(F)c3)c3ncnc(N)c23)cc1C#N.COc1ncc(-c2nn([C@H](C)c3nc4ccc(F)cn4c(=O)c3-c3cccc(F)c3)c3ncnc(N)c23)cc1C#N. The fraction of sp³-hybridized carbons (Fsp3) is 0.138. The Morgan fingerprint density at radius 1 is 0.536 bits per heavy atom. The average Bonchev–Trinajstić information content (AvgIpc) is 3.51. The van der Waals surface area contributed by atoms with Crippen molar-refractivity contribution in [2.24, 2.45) is 0 Å². The maximum Gasteiger partial charge on any atom is 0.266 e. The molecule has 12 aromatic rings. The number of rotatable bonds is 10. The lowest BCUT2D eigenvalue weighted by molar-refractivity contribution is 0.396. The molecule has 0 amide bonds. The molecular formula is C58H46F4N18O4. The van der Waals surface area contributed by atoms with Crippen molar-refractivity contribution in [2.75, 3.05) is 25.7 Å². The number of benzene rings is 2. The molecule has 0 spiro atoms. The van der Waals surface area contributed by atoms with Crippen LogP contribution in [0.5, 0.6) is 11.8 Å². The minimum Gasteiger partial charge on any atom is -0.480 e. The maximum atomic E-state index is 14.3. The van der Waals surface area contributed by atoms with Crippen LogP contribution in [-0.2, 0) is 0 Å². The monoisotopic (exact) mass is 1130 g/mol. The van der Waals surface area contributed by atoms with E-state index in [1.54, 1.807) is 38.1 Å². The van der Waals surface area contributed by atoms with Gasteiger partial charge in [-0.15, -0.1) is 0 Å². The lowest BCUT2D eigenvalue weighted by atomic mass is 10.0. The smallest absolute Gasteiger partial charge is 0.266 e. The van der Waals surface area contributed by atoms with Crippen molar-refractivity contribution in [3.63, 3.8) is 0 Å². The van der Waals surface area contributed by atoms with Gasteiger partial charge < -0.3 is 20.9 Å². The first-order valence-corrected chi connectivity index (χ1v) is 24.4. The Hall–Kier alpha value is -11.5. The minimum atomic E-state index is -0.761. The summed E-state index contributed by atoms with van der Waals surface area (Å²) in [6.45, 7) is 3.48. The van der Waals surface area contributed by atoms with Gasteiger partial charge in [0.15, 0.2) is 11.3 Å². The van der Waals surface area contributed by atoms with Crippen molar-refractivity contribution in [1.29, 1.82) is 10.5 Å². The van der Waals surface area contributed by atoms with E-state index in [2.05, 4.69) is 39.9 Å². The third kappa shape index (κ3) is 9.99. The predicted molar refractivity (Wildman–Crippen MR) is 303 cm³/mol. The molecule has 2 atom stereocenters. The van der Waals surface area contributed by atoms with Crippen LogP contribution in [-0.4, -0.2) is 82.5 Å². The zero-order chi connectivity index (χ0) is 57.7. The molecule has 0 aliphatic rings. The van der Waals surface area contributed by atoms with E-state index in [9.17, 15) is 37.7 Å². The highest BCUT2D eigenvalue weighted by Crippen LogP contribution is 2.38. The zero-order valence-corrected chi connectivity index (χ0v) is 43.2. The molecule has 0 radical (unpaired) electrons. The van der Waals surface area contributed by atoms with E-state index < -0.39 is 46.5 Å². The number of fused-ring (bicyclic) bond motifs is 4. The fourth-order valence-corrected chi connectivity index (χ4v) is 9.51. The van der Waals surface area contributed by atoms with Crippen molar-refractivity contribution in [3.8, 4) is 68.7 Å². The lowest BCUT2D eigenvalue weighted by Crippen LogP contribution is -2.23. The molecule has 0 bridgehead atoms. The Morgan fingerprint density at radius 2 is 0.940 bits per heavy atom. The number of pyridine rings is 4. The molecule has 10 heterocycles. The summed E-state index contributed by atoms with van der Waals surface area (Å²) >= 11 is 0. The number of hydrogen-bond donors (Lipinski definition) is 2. The molecule has 2 aromatic carbocycles. The van der Waals surface area contributed by atoms with Gasteiger partial charge in [0.25, 0.3) is 11.1 Å². The van der Waals surface area contributed by atoms with Crippen LogP contribution in [0.2, 0.25) is 0 Å². The molecule has 0 saturated heterocycles. The minimum absolute atomic E-state index is 0. The number of nitrogens with zero attached hydrogens (tertiary/aromatic N) is 16. The highest BCUT2D eigenvalue weighted by Gasteiger charge is 2.29. The van der Waals surface area contributed by atoms with Gasteiger partial charge in [0.2, 0.25) is 11.8 Å². The van der Waals surface area contributed by atoms with Crippen molar-refractivity contribution in [2.45, 2.75) is 40.8 Å². The fourth-order valence-electron chi connectivity index (χ4n) is 9.51. The van der Waals surface area contributed by atoms with E-state index in [1.165, 1.54) is 109 Å². The highest BCUT2D eigenvalue weighted by molar-refractivity contribution is 5.99. The number of methoxy groups -OCH3 is 2. The Balaban J connectivity index is 0.000000197. The standard InChI is InChI=1S/2C28H19F2N9O2.2CH4/c2*1-14(23-21(15-4-3-5-18(29)9-15)28(40)38-12-19(30)6-7-20(38)36-23)39-26-22(25(32)34-13-35-26)24(37-39)17-8-16(10-31)27(41-2)33-11-17;;/h2*3-9,11-14H,1-2H3,(H2,32,34,35);2*1H4/t2*14-;;/m10../s1. The Bertz CT molecular complexity index is 4500. The second-order valence-electron chi connectivity index (χ2n) is 18.2. The Morgan fingerprint density at radius 3 is 1.31 bits per heavy atom. The number of aromatic nitrogens is 14. The summed E-state index contributed by atoms with van der Waals surface area (Å²) < 4.78 is 72.3. The molecule has 0 unspecified atom stereocenters. The van der Waals surface area contributed by atoms with Crippen LogP contribution in [0.3, 0.4) is 0 Å². The second-order valence-corrected chi connectivity index (χ2v) is 18.2. The number of anilines is 2. The van der Waals surface area contributed by atoms with E-state index in [-0.39, 0.29) is 94.3 Å². The molecule has 0 aliphatic carbocycles. The first kappa shape index (κ1) is 57.2. The molecule has 84 heavy (non-hydrogen) atoms. The van der Waals surface area contributed by atoms with Crippen molar-refractivity contribution in [3.05, 3.63) is 189 Å². The molecule has 22 nitrogen and oxygen atoms in total. The molecule has 26 heteroatoms. The molecule has 0 fully saturated rings. The van der Waals surface area contributed by atoms with E-state index in [0.717, 1.165) is 21.2 Å². The first-order valence-electron chi connectivity index (χ1n) is 24.4. The van der Waals surface area contributed by atoms with Crippen LogP contribution < -0.4 is 32.1 Å². The molecule has 12 rings (SSSR count). The number of nitrogens with two attached hydrogens (primary N) is 2. The number of hydrogen-bond acceptors (Lipinski definition) is 18. The van der Waals surface area contributed by atoms with E-state index >= 15 is 0 Å². The van der Waals surface area contributed by atoms with Gasteiger partial charge in [0.05, 0.1) is 59.6 Å². The Kier molecular flexibility index (Phi) is 15.6. The summed E-state index contributed by atoms with van der Waals surface area (Å²) in [4.78, 5) is 62.3. The van der Waals surface area contributed by atoms with Crippen LogP contribution in [0.4, 0.5) is 29.2 Å². The van der Waals surface area contributed by atoms with Gasteiger partial charge in [-0.25, -0.2) is 66.8 Å². The van der Waals surface area contributed by atoms with Crippen LogP contribution in [0, 0.1) is 45.9 Å². The third-order valence-electron chi connectivity index (χ3n) is 13.3. The highest BCUT2D eigenvalue weighted by atomic mass is 19.1. The van der Waals surface area contributed by atoms with Gasteiger partial charge in [0, 0.05) is 35.9 Å². The van der Waals surface area contributed by atoms with Crippen LogP contribution in [0.15, 0.2) is 132 Å². The number of halogens is 4. The molecule has 420 valence electrons. The van der Waals surface area contributed by atoms with E-state index in [4.69, 9.17) is 31.1 Å². The third-order valence-corrected chi connectivity index (χ3v) is 13.3. The molecular weight excluding hydrogens is 1090 g/mol. The van der Waals surface area contributed by atoms with Gasteiger partial charge in [-0.2, -0.15) is 20.7 Å². The van der Waals surface area contributed by atoms with Gasteiger partial charge in [-0.1, -0.05) is 39.1 Å². The van der Waals surface area contributed by atoms with Crippen LogP contribution in [0.1, 0.15) is 63.3 Å².